The Morgan fingerprint density at radius 3 is 2.69 bits per heavy atom. The van der Waals surface area contributed by atoms with Crippen LogP contribution >= 0.6 is 0 Å². The zero-order valence-corrected chi connectivity index (χ0v) is 21.8. The number of furan rings is 1. The fourth-order valence-corrected chi connectivity index (χ4v) is 4.54. The van der Waals surface area contributed by atoms with E-state index >= 15 is 0 Å². The molecule has 0 saturated carbocycles. The average Bonchev–Trinajstić information content (AvgIpc) is 3.21. The lowest BCUT2D eigenvalue weighted by molar-refractivity contribution is 0.0495. The number of piperidine rings is 1. The molecule has 192 valence electrons. The SMILES string of the molecule is CC(C)c1coc2ccc(C(=O)Nc3cnccc3N3C[C@H](C)C[C@H](NC(=O)OC(C)(C)C)C3)nc12. The van der Waals surface area contributed by atoms with Crippen molar-refractivity contribution >= 4 is 34.5 Å². The minimum atomic E-state index is -0.559. The van der Waals surface area contributed by atoms with Crippen LogP contribution < -0.4 is 15.5 Å². The Balaban J connectivity index is 1.52. The van der Waals surface area contributed by atoms with Crippen LogP contribution in [0.3, 0.4) is 0 Å². The highest BCUT2D eigenvalue weighted by Gasteiger charge is 2.29. The number of ether oxygens (including phenoxy) is 1. The van der Waals surface area contributed by atoms with E-state index in [1.54, 1.807) is 30.8 Å². The first kappa shape index (κ1) is 25.5. The largest absolute Gasteiger partial charge is 0.462 e. The summed E-state index contributed by atoms with van der Waals surface area (Å²) >= 11 is 0. The van der Waals surface area contributed by atoms with Gasteiger partial charge < -0.3 is 24.7 Å². The first-order chi connectivity index (χ1) is 17.0. The predicted octanol–water partition coefficient (Wildman–Crippen LogP) is 5.34. The molecule has 4 rings (SSSR count). The second-order valence-corrected chi connectivity index (χ2v) is 10.8. The molecule has 0 radical (unpaired) electrons. The first-order valence-corrected chi connectivity index (χ1v) is 12.4. The van der Waals surface area contributed by atoms with Crippen LogP contribution in [0.4, 0.5) is 16.2 Å². The van der Waals surface area contributed by atoms with Crippen molar-refractivity contribution in [3.05, 3.63) is 48.1 Å². The number of hydrogen-bond acceptors (Lipinski definition) is 7. The summed E-state index contributed by atoms with van der Waals surface area (Å²) < 4.78 is 11.0. The highest BCUT2D eigenvalue weighted by atomic mass is 16.6. The minimum absolute atomic E-state index is 0.0834. The maximum absolute atomic E-state index is 13.2. The van der Waals surface area contributed by atoms with Gasteiger partial charge >= 0.3 is 6.09 Å². The number of aromatic nitrogens is 2. The summed E-state index contributed by atoms with van der Waals surface area (Å²) in [5.41, 5.74) is 3.49. The Morgan fingerprint density at radius 1 is 1.19 bits per heavy atom. The standard InChI is InChI=1S/C27H35N5O4/c1-16(2)19-15-35-23-8-7-20(30-24(19)23)25(33)31-21-12-28-10-9-22(21)32-13-17(3)11-18(14-32)29-26(34)36-27(4,5)6/h7-10,12,15-18H,11,13-14H2,1-6H3,(H,29,34)(H,31,33)/t17-,18+/m1/s1. The molecule has 2 N–H and O–H groups in total. The number of hydrogen-bond donors (Lipinski definition) is 2. The molecular weight excluding hydrogens is 458 g/mol. The van der Waals surface area contributed by atoms with Gasteiger partial charge in [-0.15, -0.1) is 0 Å². The Kier molecular flexibility index (Phi) is 7.19. The van der Waals surface area contributed by atoms with Crippen LogP contribution in [0.2, 0.25) is 0 Å². The Hall–Kier alpha value is -3.62. The van der Waals surface area contributed by atoms with Crippen molar-refractivity contribution in [2.24, 2.45) is 5.92 Å². The monoisotopic (exact) mass is 493 g/mol. The highest BCUT2D eigenvalue weighted by Crippen LogP contribution is 2.30. The van der Waals surface area contributed by atoms with Crippen molar-refractivity contribution in [3.8, 4) is 0 Å². The van der Waals surface area contributed by atoms with E-state index in [1.807, 2.05) is 26.8 Å². The lowest BCUT2D eigenvalue weighted by Gasteiger charge is -2.39. The molecule has 9 heteroatoms. The van der Waals surface area contributed by atoms with Gasteiger partial charge in [0.05, 0.1) is 23.8 Å². The molecule has 0 aromatic carbocycles. The summed E-state index contributed by atoms with van der Waals surface area (Å²) in [7, 11) is 0. The van der Waals surface area contributed by atoms with Gasteiger partial charge in [-0.2, -0.15) is 0 Å². The fourth-order valence-electron chi connectivity index (χ4n) is 4.54. The minimum Gasteiger partial charge on any atom is -0.462 e. The van der Waals surface area contributed by atoms with E-state index in [9.17, 15) is 9.59 Å². The molecule has 36 heavy (non-hydrogen) atoms. The Morgan fingerprint density at radius 2 is 1.97 bits per heavy atom. The van der Waals surface area contributed by atoms with E-state index in [4.69, 9.17) is 9.15 Å². The third-order valence-corrected chi connectivity index (χ3v) is 6.07. The first-order valence-electron chi connectivity index (χ1n) is 12.4. The molecule has 2 atom stereocenters. The van der Waals surface area contributed by atoms with E-state index < -0.39 is 11.7 Å². The van der Waals surface area contributed by atoms with Crippen molar-refractivity contribution in [1.82, 2.24) is 15.3 Å². The lowest BCUT2D eigenvalue weighted by Crippen LogP contribution is -2.51. The van der Waals surface area contributed by atoms with Gasteiger partial charge in [-0.05, 0) is 57.2 Å². The van der Waals surface area contributed by atoms with Crippen LogP contribution in [0.15, 0.2) is 41.3 Å². The molecule has 2 amide bonds. The molecule has 1 fully saturated rings. The van der Waals surface area contributed by atoms with Crippen molar-refractivity contribution in [1.29, 1.82) is 0 Å². The molecule has 0 unspecified atom stereocenters. The number of pyridine rings is 2. The number of carbonyl (C=O) groups excluding carboxylic acids is 2. The topological polar surface area (TPSA) is 110 Å². The fraction of sp³-hybridized carbons (Fsp3) is 0.481. The van der Waals surface area contributed by atoms with Gasteiger partial charge in [0, 0.05) is 30.9 Å². The summed E-state index contributed by atoms with van der Waals surface area (Å²) in [6.07, 6.45) is 5.45. The van der Waals surface area contributed by atoms with Crippen LogP contribution in [0.5, 0.6) is 0 Å². The van der Waals surface area contributed by atoms with Gasteiger partial charge in [-0.3, -0.25) is 9.78 Å². The zero-order chi connectivity index (χ0) is 26.0. The molecule has 4 heterocycles. The van der Waals surface area contributed by atoms with Crippen molar-refractivity contribution in [3.63, 3.8) is 0 Å². The number of carbonyl (C=O) groups is 2. The van der Waals surface area contributed by atoms with E-state index in [-0.39, 0.29) is 17.9 Å². The third kappa shape index (κ3) is 5.95. The average molecular weight is 494 g/mol. The zero-order valence-electron chi connectivity index (χ0n) is 21.8. The number of amides is 2. The maximum atomic E-state index is 13.2. The number of nitrogens with one attached hydrogen (secondary N) is 2. The van der Waals surface area contributed by atoms with Crippen LogP contribution in [0, 0.1) is 5.92 Å². The van der Waals surface area contributed by atoms with E-state index in [2.05, 4.69) is 46.3 Å². The predicted molar refractivity (Wildman–Crippen MR) is 139 cm³/mol. The number of nitrogens with zero attached hydrogens (tertiary/aromatic N) is 3. The number of alkyl carbamates (subject to hydrolysis) is 1. The van der Waals surface area contributed by atoms with Crippen LogP contribution in [-0.2, 0) is 4.74 Å². The van der Waals surface area contributed by atoms with Crippen molar-refractivity contribution in [2.45, 2.75) is 65.5 Å². The second-order valence-electron chi connectivity index (χ2n) is 10.8. The van der Waals surface area contributed by atoms with Gasteiger partial charge in [-0.1, -0.05) is 20.8 Å². The lowest BCUT2D eigenvalue weighted by atomic mass is 9.95. The summed E-state index contributed by atoms with van der Waals surface area (Å²) in [6.45, 7) is 13.2. The van der Waals surface area contributed by atoms with Gasteiger partial charge in [-0.25, -0.2) is 9.78 Å². The normalized spacial score (nSPS) is 18.4. The van der Waals surface area contributed by atoms with Crippen LogP contribution in [-0.4, -0.2) is 46.7 Å². The molecule has 0 aliphatic carbocycles. The van der Waals surface area contributed by atoms with Crippen molar-refractivity contribution < 1.29 is 18.7 Å². The quantitative estimate of drug-likeness (QED) is 0.494. The van der Waals surface area contributed by atoms with Gasteiger partial charge in [0.1, 0.15) is 16.8 Å². The molecular formula is C27H35N5O4. The summed E-state index contributed by atoms with van der Waals surface area (Å²) in [5.74, 6) is 0.232. The maximum Gasteiger partial charge on any atom is 0.407 e. The highest BCUT2D eigenvalue weighted by molar-refractivity contribution is 6.05. The van der Waals surface area contributed by atoms with Crippen LogP contribution in [0.1, 0.15) is 69.9 Å². The Labute approximate surface area is 211 Å². The van der Waals surface area contributed by atoms with Gasteiger partial charge in [0.2, 0.25) is 0 Å². The molecule has 1 aliphatic rings. The van der Waals surface area contributed by atoms with E-state index in [0.29, 0.717) is 34.9 Å². The van der Waals surface area contributed by atoms with Crippen LogP contribution in [0.25, 0.3) is 11.1 Å². The van der Waals surface area contributed by atoms with Gasteiger partial charge in [0.25, 0.3) is 5.91 Å². The summed E-state index contributed by atoms with van der Waals surface area (Å²) in [6, 6.07) is 5.22. The van der Waals surface area contributed by atoms with Crippen molar-refractivity contribution in [2.75, 3.05) is 23.3 Å². The smallest absolute Gasteiger partial charge is 0.407 e. The molecule has 0 spiro atoms. The molecule has 0 bridgehead atoms. The number of anilines is 2. The number of rotatable bonds is 5. The molecule has 3 aromatic heterocycles. The Bertz CT molecular complexity index is 1250. The molecule has 1 saturated heterocycles. The van der Waals surface area contributed by atoms with E-state index in [0.717, 1.165) is 24.2 Å². The molecule has 3 aromatic rings. The summed E-state index contributed by atoms with van der Waals surface area (Å²) in [4.78, 5) is 36.5. The van der Waals surface area contributed by atoms with Gasteiger partial charge in [0.15, 0.2) is 5.58 Å². The number of fused-ring (bicyclic) bond motifs is 1. The third-order valence-electron chi connectivity index (χ3n) is 6.07. The van der Waals surface area contributed by atoms with E-state index in [1.165, 1.54) is 0 Å². The molecule has 1 aliphatic heterocycles. The molecule has 9 nitrogen and oxygen atoms in total. The summed E-state index contributed by atoms with van der Waals surface area (Å²) in [5, 5.41) is 5.98. The second kappa shape index (κ2) is 10.2.